The van der Waals surface area contributed by atoms with Crippen LogP contribution in [0.15, 0.2) is 55.0 Å². The lowest BCUT2D eigenvalue weighted by Crippen LogP contribution is -2.45. The highest BCUT2D eigenvalue weighted by Gasteiger charge is 2.50. The molecular weight excluding hydrogens is 450 g/mol. The maximum absolute atomic E-state index is 6.77. The summed E-state index contributed by atoms with van der Waals surface area (Å²) >= 11 is 0. The Bertz CT molecular complexity index is 1610. The lowest BCUT2D eigenvalue weighted by molar-refractivity contribution is 0.186. The zero-order valence-electron chi connectivity index (χ0n) is 19.9. The van der Waals surface area contributed by atoms with Crippen molar-refractivity contribution < 1.29 is 0 Å². The van der Waals surface area contributed by atoms with E-state index < -0.39 is 0 Å². The summed E-state index contributed by atoms with van der Waals surface area (Å²) in [6, 6.07) is 14.8. The van der Waals surface area contributed by atoms with E-state index in [0.29, 0.717) is 0 Å². The number of rotatable bonds is 3. The second-order valence-electron chi connectivity index (χ2n) is 10.7. The lowest BCUT2D eigenvalue weighted by Gasteiger charge is -2.42. The van der Waals surface area contributed by atoms with Crippen LogP contribution < -0.4 is 10.6 Å². The summed E-state index contributed by atoms with van der Waals surface area (Å²) in [5.41, 5.74) is 13.1. The molecule has 1 aromatic carbocycles. The van der Waals surface area contributed by atoms with Crippen molar-refractivity contribution in [2.45, 2.75) is 43.6 Å². The van der Waals surface area contributed by atoms with E-state index in [4.69, 9.17) is 15.8 Å². The van der Waals surface area contributed by atoms with Gasteiger partial charge in [0.1, 0.15) is 6.33 Å². The highest BCUT2D eigenvalue weighted by molar-refractivity contribution is 5.94. The van der Waals surface area contributed by atoms with Crippen molar-refractivity contribution >= 4 is 22.6 Å². The number of nitrogens with one attached hydrogen (secondary N) is 1. The fraction of sp³-hybridized carbons (Fsp3) is 0.370. The Morgan fingerprint density at radius 1 is 1.00 bits per heavy atom. The number of aromatic nitrogens is 7. The maximum Gasteiger partial charge on any atom is 0.214 e. The Labute approximate surface area is 207 Å². The van der Waals surface area contributed by atoms with Crippen LogP contribution in [0.4, 0.5) is 5.95 Å². The van der Waals surface area contributed by atoms with Crippen LogP contribution in [0.25, 0.3) is 16.7 Å². The zero-order valence-corrected chi connectivity index (χ0v) is 19.9. The van der Waals surface area contributed by atoms with E-state index in [1.807, 2.05) is 16.7 Å². The van der Waals surface area contributed by atoms with E-state index >= 15 is 0 Å². The lowest BCUT2D eigenvalue weighted by atomic mass is 9.73. The summed E-state index contributed by atoms with van der Waals surface area (Å²) in [4.78, 5) is 12.0. The Kier molecular flexibility index (Phi) is 4.01. The number of benzene rings is 1. The van der Waals surface area contributed by atoms with Crippen molar-refractivity contribution in [2.75, 3.05) is 18.0 Å². The van der Waals surface area contributed by atoms with Crippen LogP contribution in [0, 0.1) is 5.41 Å². The average molecular weight is 478 g/mol. The van der Waals surface area contributed by atoms with Gasteiger partial charge in [0.25, 0.3) is 0 Å². The highest BCUT2D eigenvalue weighted by Crippen LogP contribution is 2.55. The third-order valence-corrected chi connectivity index (χ3v) is 8.96. The molecule has 0 amide bonds. The molecule has 180 valence electrons. The van der Waals surface area contributed by atoms with Gasteiger partial charge >= 0.3 is 0 Å². The van der Waals surface area contributed by atoms with Crippen molar-refractivity contribution in [2.24, 2.45) is 11.1 Å². The number of nitrogens with zero attached hydrogens (tertiary/aromatic N) is 7. The molecule has 1 spiro atoms. The molecule has 3 aliphatic rings. The van der Waals surface area contributed by atoms with Crippen LogP contribution in [0.1, 0.15) is 54.2 Å². The van der Waals surface area contributed by atoms with Crippen molar-refractivity contribution in [1.29, 1.82) is 0 Å². The number of hydrogen-bond donors (Lipinski definition) is 2. The van der Waals surface area contributed by atoms with Crippen molar-refractivity contribution in [3.05, 3.63) is 77.5 Å². The van der Waals surface area contributed by atoms with Gasteiger partial charge in [0.05, 0.1) is 11.1 Å². The van der Waals surface area contributed by atoms with E-state index in [1.54, 1.807) is 6.33 Å². The minimum absolute atomic E-state index is 0.0385. The Hall–Kier alpha value is -3.85. The molecule has 3 N–H and O–H groups in total. The smallest absolute Gasteiger partial charge is 0.214 e. The van der Waals surface area contributed by atoms with Gasteiger partial charge in [-0.1, -0.05) is 36.4 Å². The Balaban J connectivity index is 1.16. The number of anilines is 1. The van der Waals surface area contributed by atoms with Gasteiger partial charge in [0.2, 0.25) is 5.95 Å². The molecule has 8 rings (SSSR count). The van der Waals surface area contributed by atoms with Crippen LogP contribution in [0.2, 0.25) is 0 Å². The molecule has 5 aromatic rings. The van der Waals surface area contributed by atoms with Gasteiger partial charge in [0.15, 0.2) is 11.3 Å². The first-order chi connectivity index (χ1) is 17.7. The van der Waals surface area contributed by atoms with Gasteiger partial charge in [-0.3, -0.25) is 14.5 Å². The van der Waals surface area contributed by atoms with Crippen LogP contribution >= 0.6 is 0 Å². The van der Waals surface area contributed by atoms with Gasteiger partial charge < -0.3 is 10.6 Å². The maximum atomic E-state index is 6.77. The number of hydrogen-bond acceptors (Lipinski definition) is 7. The number of H-pyrrole nitrogens is 1. The molecule has 1 atom stereocenters. The van der Waals surface area contributed by atoms with E-state index in [9.17, 15) is 0 Å². The second-order valence-corrected chi connectivity index (χ2v) is 10.7. The molecule has 1 saturated heterocycles. The molecule has 9 nitrogen and oxygen atoms in total. The molecular formula is C27H27N9. The molecule has 1 aliphatic heterocycles. The van der Waals surface area contributed by atoms with Crippen LogP contribution in [-0.4, -0.2) is 47.9 Å². The molecule has 36 heavy (non-hydrogen) atoms. The first-order valence-corrected chi connectivity index (χ1v) is 12.8. The molecule has 0 unspecified atom stereocenters. The predicted molar refractivity (Wildman–Crippen MR) is 136 cm³/mol. The first kappa shape index (κ1) is 20.4. The molecule has 4 aromatic heterocycles. The monoisotopic (exact) mass is 477 g/mol. The summed E-state index contributed by atoms with van der Waals surface area (Å²) in [6.07, 6.45) is 8.76. The average Bonchev–Trinajstić information content (AvgIpc) is 3.25. The van der Waals surface area contributed by atoms with Crippen LogP contribution in [-0.2, 0) is 11.8 Å². The van der Waals surface area contributed by atoms with Gasteiger partial charge in [-0.2, -0.15) is 10.1 Å². The quantitative estimate of drug-likeness (QED) is 0.410. The number of fused-ring (bicyclic) bond motifs is 4. The zero-order chi connectivity index (χ0) is 23.9. The minimum Gasteiger partial charge on any atom is -0.342 e. The van der Waals surface area contributed by atoms with E-state index in [0.717, 1.165) is 79.2 Å². The van der Waals surface area contributed by atoms with Crippen molar-refractivity contribution in [3.8, 4) is 0 Å². The van der Waals surface area contributed by atoms with Gasteiger partial charge in [-0.05, 0) is 54.7 Å². The molecule has 2 aliphatic carbocycles. The fourth-order valence-corrected chi connectivity index (χ4v) is 6.74. The van der Waals surface area contributed by atoms with Crippen molar-refractivity contribution in [3.63, 3.8) is 0 Å². The third-order valence-electron chi connectivity index (χ3n) is 8.96. The second kappa shape index (κ2) is 7.10. The van der Waals surface area contributed by atoms with Crippen LogP contribution in [0.5, 0.6) is 0 Å². The van der Waals surface area contributed by atoms with Gasteiger partial charge in [0, 0.05) is 36.4 Å². The summed E-state index contributed by atoms with van der Waals surface area (Å²) in [5, 5.41) is 17.8. The summed E-state index contributed by atoms with van der Waals surface area (Å²) in [7, 11) is 0. The number of pyridine rings is 1. The SMILES string of the molecule is N[C@@H]1c2cccnc2CC12CCN(c1nc3[nH]nc(C4(c5ccccc5)CC4)c3c3nncn13)CC2. The van der Waals surface area contributed by atoms with Gasteiger partial charge in [-0.25, -0.2) is 0 Å². The predicted octanol–water partition coefficient (Wildman–Crippen LogP) is 3.32. The highest BCUT2D eigenvalue weighted by atomic mass is 15.4. The largest absolute Gasteiger partial charge is 0.342 e. The molecule has 0 radical (unpaired) electrons. The fourth-order valence-electron chi connectivity index (χ4n) is 6.74. The first-order valence-electron chi connectivity index (χ1n) is 12.8. The summed E-state index contributed by atoms with van der Waals surface area (Å²) < 4.78 is 2.03. The normalized spacial score (nSPS) is 21.9. The number of piperidine rings is 1. The summed E-state index contributed by atoms with van der Waals surface area (Å²) in [6.45, 7) is 1.75. The van der Waals surface area contributed by atoms with Crippen LogP contribution in [0.3, 0.4) is 0 Å². The standard InChI is InChI=1S/C27H27N9/c28-21-18-7-4-12-29-19(18)15-26(21)10-13-35(14-11-26)25-31-23-20(24-34-30-16-36(24)25)22(32-33-23)27(8-9-27)17-5-2-1-3-6-17/h1-7,12,16,21H,8-11,13-15,28H2,(H,32,33)/t21-/m1/s1. The molecule has 2 fully saturated rings. The van der Waals surface area contributed by atoms with E-state index in [-0.39, 0.29) is 16.9 Å². The molecule has 0 bridgehead atoms. The minimum atomic E-state index is -0.0751. The van der Waals surface area contributed by atoms with Gasteiger partial charge in [-0.15, -0.1) is 10.2 Å². The van der Waals surface area contributed by atoms with Crippen molar-refractivity contribution in [1.82, 2.24) is 34.8 Å². The Morgan fingerprint density at radius 2 is 1.83 bits per heavy atom. The topological polar surface area (TPSA) is 114 Å². The number of aromatic amines is 1. The molecule has 5 heterocycles. The molecule has 1 saturated carbocycles. The third kappa shape index (κ3) is 2.66. The van der Waals surface area contributed by atoms with E-state index in [2.05, 4.69) is 61.6 Å². The Morgan fingerprint density at radius 3 is 2.61 bits per heavy atom. The van der Waals surface area contributed by atoms with E-state index in [1.165, 1.54) is 11.1 Å². The molecule has 9 heteroatoms. The summed E-state index contributed by atoms with van der Waals surface area (Å²) in [5.74, 6) is 0.860. The number of nitrogens with two attached hydrogens (primary N) is 1.